The minimum atomic E-state index is -4.25. The average molecular weight is 358 g/mol. The van der Waals surface area contributed by atoms with E-state index in [1.807, 2.05) is 0 Å². The number of carboxylic acids is 1. The maximum Gasteiger partial charge on any atom is 0.311 e. The number of aliphatic carboxylic acids is 1. The summed E-state index contributed by atoms with van der Waals surface area (Å²) in [5.74, 6) is -2.55. The summed E-state index contributed by atoms with van der Waals surface area (Å²) in [6.07, 6.45) is 1.72. The summed E-state index contributed by atoms with van der Waals surface area (Å²) >= 11 is 0. The van der Waals surface area contributed by atoms with E-state index < -0.39 is 42.7 Å². The number of benzene rings is 1. The van der Waals surface area contributed by atoms with Gasteiger partial charge in [-0.3, -0.25) is 14.9 Å². The predicted octanol–water partition coefficient (Wildman–Crippen LogP) is 1.61. The van der Waals surface area contributed by atoms with Crippen molar-refractivity contribution in [3.05, 3.63) is 34.1 Å². The van der Waals surface area contributed by atoms with Gasteiger partial charge in [0.05, 0.1) is 16.4 Å². The Morgan fingerprint density at radius 1 is 1.46 bits per heavy atom. The number of carboxylic acid groups (broad SMARTS) is 1. The molecule has 1 aromatic rings. The zero-order valence-electron chi connectivity index (χ0n) is 12.5. The van der Waals surface area contributed by atoms with Crippen molar-refractivity contribution in [2.75, 3.05) is 13.1 Å². The maximum atomic E-state index is 14.1. The Kier molecular flexibility index (Phi) is 3.83. The Bertz CT molecular complexity index is 827. The number of rotatable bonds is 4. The SMILES string of the molecule is O=C(O)[C@@]12CCC[C@H]1CN(S(=O)(=O)c1ccc([N+](=O)[O-])cc1F)C2. The van der Waals surface area contributed by atoms with Crippen molar-refractivity contribution in [1.29, 1.82) is 0 Å². The zero-order chi connectivity index (χ0) is 17.7. The summed E-state index contributed by atoms with van der Waals surface area (Å²) in [6.45, 7) is -0.184. The number of hydrogen-bond donors (Lipinski definition) is 1. The highest BCUT2D eigenvalue weighted by molar-refractivity contribution is 7.89. The molecule has 3 rings (SSSR count). The maximum absolute atomic E-state index is 14.1. The van der Waals surface area contributed by atoms with Crippen molar-refractivity contribution < 1.29 is 27.6 Å². The van der Waals surface area contributed by atoms with Crippen molar-refractivity contribution in [3.63, 3.8) is 0 Å². The fraction of sp³-hybridized carbons (Fsp3) is 0.500. The van der Waals surface area contributed by atoms with E-state index in [9.17, 15) is 32.8 Å². The minimum absolute atomic E-state index is 0.0189. The lowest BCUT2D eigenvalue weighted by Gasteiger charge is -2.23. The monoisotopic (exact) mass is 358 g/mol. The molecule has 2 fully saturated rings. The highest BCUT2D eigenvalue weighted by Gasteiger charge is 2.57. The number of nitro benzene ring substituents is 1. The van der Waals surface area contributed by atoms with E-state index >= 15 is 0 Å². The second-order valence-electron chi connectivity index (χ2n) is 6.22. The Morgan fingerprint density at radius 2 is 2.17 bits per heavy atom. The summed E-state index contributed by atoms with van der Waals surface area (Å²) in [4.78, 5) is 20.8. The normalized spacial score (nSPS) is 27.1. The van der Waals surface area contributed by atoms with Crippen molar-refractivity contribution in [2.24, 2.45) is 11.3 Å². The molecule has 1 aliphatic heterocycles. The van der Waals surface area contributed by atoms with Crippen molar-refractivity contribution in [2.45, 2.75) is 24.2 Å². The number of nitro groups is 1. The lowest BCUT2D eigenvalue weighted by atomic mass is 9.81. The molecule has 1 saturated carbocycles. The molecule has 1 N–H and O–H groups in total. The van der Waals surface area contributed by atoms with E-state index in [1.165, 1.54) is 0 Å². The van der Waals surface area contributed by atoms with Crippen LogP contribution in [0.4, 0.5) is 10.1 Å². The molecule has 24 heavy (non-hydrogen) atoms. The van der Waals surface area contributed by atoms with Crippen molar-refractivity contribution in [3.8, 4) is 0 Å². The van der Waals surface area contributed by atoms with Crippen LogP contribution >= 0.6 is 0 Å². The molecule has 0 bridgehead atoms. The zero-order valence-corrected chi connectivity index (χ0v) is 13.3. The molecule has 2 aliphatic rings. The van der Waals surface area contributed by atoms with E-state index in [2.05, 4.69) is 0 Å². The molecule has 1 aliphatic carbocycles. The van der Waals surface area contributed by atoms with Gasteiger partial charge >= 0.3 is 5.97 Å². The van der Waals surface area contributed by atoms with E-state index in [0.29, 0.717) is 18.9 Å². The molecule has 130 valence electrons. The van der Waals surface area contributed by atoms with Gasteiger partial charge in [0.2, 0.25) is 10.0 Å². The van der Waals surface area contributed by atoms with Crippen molar-refractivity contribution >= 4 is 21.7 Å². The number of hydrogen-bond acceptors (Lipinski definition) is 5. The summed E-state index contributed by atoms with van der Waals surface area (Å²) in [7, 11) is -4.25. The molecule has 0 spiro atoms. The molecule has 0 radical (unpaired) electrons. The number of halogens is 1. The largest absolute Gasteiger partial charge is 0.481 e. The van der Waals surface area contributed by atoms with Crippen LogP contribution < -0.4 is 0 Å². The molecular weight excluding hydrogens is 343 g/mol. The third-order valence-corrected chi connectivity index (χ3v) is 6.85. The van der Waals surface area contributed by atoms with Crippen LogP contribution in [0, 0.1) is 27.3 Å². The van der Waals surface area contributed by atoms with Crippen LogP contribution in [0.1, 0.15) is 19.3 Å². The van der Waals surface area contributed by atoms with Gasteiger partial charge in [0.1, 0.15) is 10.7 Å². The number of sulfonamides is 1. The number of carbonyl (C=O) groups is 1. The van der Waals surface area contributed by atoms with Gasteiger partial charge in [0.25, 0.3) is 5.69 Å². The molecule has 0 amide bonds. The lowest BCUT2D eigenvalue weighted by molar-refractivity contribution is -0.385. The van der Waals surface area contributed by atoms with Crippen LogP contribution in [0.2, 0.25) is 0 Å². The predicted molar refractivity (Wildman–Crippen MR) is 79.2 cm³/mol. The van der Waals surface area contributed by atoms with Crippen LogP contribution in [-0.4, -0.2) is 41.8 Å². The Balaban J connectivity index is 1.95. The first kappa shape index (κ1) is 16.8. The third kappa shape index (κ3) is 2.37. The summed E-state index contributed by atoms with van der Waals surface area (Å²) in [5.41, 5.74) is -1.67. The Hall–Kier alpha value is -2.07. The van der Waals surface area contributed by atoms with Gasteiger partial charge in [-0.05, 0) is 24.8 Å². The lowest BCUT2D eigenvalue weighted by Crippen LogP contribution is -2.37. The van der Waals surface area contributed by atoms with E-state index in [1.54, 1.807) is 0 Å². The van der Waals surface area contributed by atoms with E-state index in [-0.39, 0.29) is 19.0 Å². The Morgan fingerprint density at radius 3 is 2.71 bits per heavy atom. The highest BCUT2D eigenvalue weighted by atomic mass is 32.2. The van der Waals surface area contributed by atoms with Crippen LogP contribution in [0.5, 0.6) is 0 Å². The standard InChI is InChI=1S/C14H15FN2O6S/c15-11-6-10(17(20)21)3-4-12(11)24(22,23)16-7-9-2-1-5-14(9,8-16)13(18)19/h3-4,6,9H,1-2,5,7-8H2,(H,18,19)/t9-,14+/m0/s1. The first-order valence-corrected chi connectivity index (χ1v) is 8.80. The summed E-state index contributed by atoms with van der Waals surface area (Å²) in [6, 6.07) is 2.32. The fourth-order valence-corrected chi connectivity index (χ4v) is 5.33. The highest BCUT2D eigenvalue weighted by Crippen LogP contribution is 2.50. The third-order valence-electron chi connectivity index (χ3n) is 5.01. The van der Waals surface area contributed by atoms with Gasteiger partial charge in [0, 0.05) is 19.2 Å². The second-order valence-corrected chi connectivity index (χ2v) is 8.13. The van der Waals surface area contributed by atoms with Crippen LogP contribution in [0.15, 0.2) is 23.1 Å². The first-order chi connectivity index (χ1) is 11.2. The summed E-state index contributed by atoms with van der Waals surface area (Å²) < 4.78 is 40.4. The molecule has 1 aromatic carbocycles. The fourth-order valence-electron chi connectivity index (χ4n) is 3.73. The van der Waals surface area contributed by atoms with Gasteiger partial charge in [-0.25, -0.2) is 12.8 Å². The molecule has 1 heterocycles. The number of fused-ring (bicyclic) bond motifs is 1. The number of non-ortho nitro benzene ring substituents is 1. The van der Waals surface area contributed by atoms with Gasteiger partial charge in [-0.1, -0.05) is 6.42 Å². The first-order valence-electron chi connectivity index (χ1n) is 7.36. The molecule has 10 heteroatoms. The summed E-state index contributed by atoms with van der Waals surface area (Å²) in [5, 5.41) is 20.1. The molecule has 8 nitrogen and oxygen atoms in total. The van der Waals surface area contributed by atoms with Gasteiger partial charge in [-0.2, -0.15) is 4.31 Å². The average Bonchev–Trinajstić information content (AvgIpc) is 3.04. The van der Waals surface area contributed by atoms with Gasteiger partial charge < -0.3 is 5.11 Å². The van der Waals surface area contributed by atoms with E-state index in [0.717, 1.165) is 22.9 Å². The second kappa shape index (κ2) is 5.49. The number of nitrogens with zero attached hydrogens (tertiary/aromatic N) is 2. The molecule has 0 unspecified atom stereocenters. The quantitative estimate of drug-likeness (QED) is 0.645. The molecule has 0 aromatic heterocycles. The van der Waals surface area contributed by atoms with Gasteiger partial charge in [-0.15, -0.1) is 0 Å². The molecule has 1 saturated heterocycles. The van der Waals surface area contributed by atoms with Crippen molar-refractivity contribution in [1.82, 2.24) is 4.31 Å². The van der Waals surface area contributed by atoms with E-state index in [4.69, 9.17) is 0 Å². The van der Waals surface area contributed by atoms with Gasteiger partial charge in [0.15, 0.2) is 0 Å². The van der Waals surface area contributed by atoms with Crippen LogP contribution in [0.3, 0.4) is 0 Å². The minimum Gasteiger partial charge on any atom is -0.481 e. The topological polar surface area (TPSA) is 118 Å². The van der Waals surface area contributed by atoms with Crippen LogP contribution in [-0.2, 0) is 14.8 Å². The molecule has 2 atom stereocenters. The smallest absolute Gasteiger partial charge is 0.311 e. The Labute approximate surface area is 137 Å². The van der Waals surface area contributed by atoms with Crippen LogP contribution in [0.25, 0.3) is 0 Å². The molecular formula is C14H15FN2O6S.